The number of rotatable bonds is 8. The Kier molecular flexibility index (Phi) is 9.35. The Morgan fingerprint density at radius 1 is 1.02 bits per heavy atom. The molecule has 4 aliphatic carbocycles. The van der Waals surface area contributed by atoms with Crippen LogP contribution < -0.4 is 0 Å². The maximum absolute atomic E-state index is 13.3. The van der Waals surface area contributed by atoms with Crippen LogP contribution in [0.2, 0.25) is 0 Å². The van der Waals surface area contributed by atoms with Gasteiger partial charge in [-0.25, -0.2) is 0 Å². The largest absolute Gasteiger partial charge is 0.481 e. The van der Waals surface area contributed by atoms with Crippen LogP contribution in [0.5, 0.6) is 0 Å². The lowest BCUT2D eigenvalue weighted by Gasteiger charge is -2.62. The van der Waals surface area contributed by atoms with E-state index in [0.29, 0.717) is 19.3 Å². The summed E-state index contributed by atoms with van der Waals surface area (Å²) in [6.07, 6.45) is 0.898. The van der Waals surface area contributed by atoms with Crippen molar-refractivity contribution in [2.75, 3.05) is 6.61 Å². The molecule has 1 unspecified atom stereocenters. The predicted octanol–water partition coefficient (Wildman–Crippen LogP) is 4.55. The molecule has 0 radical (unpaired) electrons. The molecule has 0 aromatic heterocycles. The second kappa shape index (κ2) is 12.1. The highest BCUT2D eigenvalue weighted by Crippen LogP contribution is 2.72. The first-order valence-corrected chi connectivity index (χ1v) is 17.0. The smallest absolute Gasteiger partial charge is 0.306 e. The molecule has 0 amide bonds. The first-order valence-electron chi connectivity index (χ1n) is 17.0. The number of carboxylic acid groups (broad SMARTS) is 1. The van der Waals surface area contributed by atoms with E-state index in [1.807, 2.05) is 27.7 Å². The molecule has 0 aromatic rings. The van der Waals surface area contributed by atoms with E-state index in [1.165, 1.54) is 11.1 Å². The van der Waals surface area contributed by atoms with E-state index in [0.717, 1.165) is 44.1 Å². The van der Waals surface area contributed by atoms with Crippen molar-refractivity contribution in [1.82, 2.24) is 0 Å². The standard InChI is InChI=1S/C36H56O9/c1-19(2)9-8-10-20(31(42)43)21-11-16-36(7)27-22(12-15-35(21,36)6)34(5)14-13-26(38)33(3,4)25(34)17-23(27)44-32-30(41)29(40)28(39)24(18-37)45-32/h9,20-21,23-25,28-30,32,37,39-41H,8,10-18H2,1-7H3,(H,42,43)/t20-,21-,23-,24-,25?,28-,29+,30-,32-,34-,35-,36+/m1/s1. The Morgan fingerprint density at radius 3 is 2.33 bits per heavy atom. The Labute approximate surface area is 268 Å². The number of ether oxygens (including phenoxy) is 2. The van der Waals surface area contributed by atoms with E-state index >= 15 is 0 Å². The van der Waals surface area contributed by atoms with Gasteiger partial charge in [0, 0.05) is 11.8 Å². The summed E-state index contributed by atoms with van der Waals surface area (Å²) < 4.78 is 12.6. The van der Waals surface area contributed by atoms with Gasteiger partial charge in [-0.1, -0.05) is 51.8 Å². The van der Waals surface area contributed by atoms with E-state index < -0.39 is 66.1 Å². The molecule has 9 nitrogen and oxygen atoms in total. The van der Waals surface area contributed by atoms with Gasteiger partial charge in [0.25, 0.3) is 0 Å². The average molecular weight is 633 g/mol. The molecule has 12 atom stereocenters. The Bertz CT molecular complexity index is 1230. The zero-order valence-electron chi connectivity index (χ0n) is 28.2. The molecular weight excluding hydrogens is 576 g/mol. The zero-order chi connectivity index (χ0) is 33.3. The average Bonchev–Trinajstić information content (AvgIpc) is 3.24. The van der Waals surface area contributed by atoms with Crippen LogP contribution in [0.15, 0.2) is 22.8 Å². The minimum atomic E-state index is -1.56. The summed E-state index contributed by atoms with van der Waals surface area (Å²) in [6.45, 7) is 14.4. The van der Waals surface area contributed by atoms with Crippen LogP contribution in [0.4, 0.5) is 0 Å². The van der Waals surface area contributed by atoms with Crippen LogP contribution >= 0.6 is 0 Å². The van der Waals surface area contributed by atoms with Gasteiger partial charge in [0.05, 0.1) is 18.6 Å². The third kappa shape index (κ3) is 5.38. The summed E-state index contributed by atoms with van der Waals surface area (Å²) in [4.78, 5) is 26.1. The Hall–Kier alpha value is -1.62. The Morgan fingerprint density at radius 2 is 1.71 bits per heavy atom. The second-order valence-corrected chi connectivity index (χ2v) is 16.3. The van der Waals surface area contributed by atoms with Crippen LogP contribution in [-0.4, -0.2) is 80.7 Å². The number of aliphatic hydroxyl groups is 4. The molecule has 1 saturated heterocycles. The fraction of sp³-hybridized carbons (Fsp3) is 0.833. The van der Waals surface area contributed by atoms with Crippen molar-refractivity contribution in [3.63, 3.8) is 0 Å². The van der Waals surface area contributed by atoms with Crippen LogP contribution in [0, 0.1) is 39.4 Å². The van der Waals surface area contributed by atoms with Crippen molar-refractivity contribution in [3.8, 4) is 0 Å². The third-order valence-corrected chi connectivity index (χ3v) is 13.5. The molecule has 2 saturated carbocycles. The Balaban J connectivity index is 1.59. The number of hydrogen-bond acceptors (Lipinski definition) is 8. The fourth-order valence-corrected chi connectivity index (χ4v) is 10.6. The normalized spacial score (nSPS) is 44.9. The molecule has 254 valence electrons. The number of carboxylic acids is 1. The topological polar surface area (TPSA) is 154 Å². The highest BCUT2D eigenvalue weighted by atomic mass is 16.7. The lowest BCUT2D eigenvalue weighted by Crippen LogP contribution is -2.61. The number of carbonyl (C=O) groups is 2. The molecule has 5 rings (SSSR count). The number of carbonyl (C=O) groups excluding carboxylic acids is 1. The fourth-order valence-electron chi connectivity index (χ4n) is 10.6. The SMILES string of the molecule is CC(C)=CCC[C@@H](C(=O)O)[C@H]1CC[C@@]2(C)C3=C(CC[C@]12C)[C@@]1(C)CCC(=O)C(C)(C)C1C[C@H]3O[C@@H]1O[C@H](CO)[C@@H](O)[C@H](O)[C@H]1O. The zero-order valence-corrected chi connectivity index (χ0v) is 28.2. The minimum Gasteiger partial charge on any atom is -0.481 e. The van der Waals surface area contributed by atoms with Crippen molar-refractivity contribution in [3.05, 3.63) is 22.8 Å². The summed E-state index contributed by atoms with van der Waals surface area (Å²) in [5.74, 6) is -1.04. The van der Waals surface area contributed by atoms with Gasteiger partial charge < -0.3 is 35.0 Å². The molecule has 3 fully saturated rings. The van der Waals surface area contributed by atoms with E-state index in [-0.39, 0.29) is 28.4 Å². The molecule has 0 bridgehead atoms. The monoisotopic (exact) mass is 632 g/mol. The molecular formula is C36H56O9. The van der Waals surface area contributed by atoms with Gasteiger partial charge in [-0.05, 0) is 98.9 Å². The third-order valence-electron chi connectivity index (χ3n) is 13.5. The van der Waals surface area contributed by atoms with Gasteiger partial charge >= 0.3 is 5.97 Å². The molecule has 5 N–H and O–H groups in total. The number of hydrogen-bond donors (Lipinski definition) is 5. The molecule has 1 heterocycles. The molecule has 5 aliphatic rings. The van der Waals surface area contributed by atoms with Gasteiger partial charge in [0.15, 0.2) is 6.29 Å². The van der Waals surface area contributed by atoms with E-state index in [1.54, 1.807) is 0 Å². The maximum atomic E-state index is 13.3. The minimum absolute atomic E-state index is 0.0255. The molecule has 0 aromatic carbocycles. The van der Waals surface area contributed by atoms with Gasteiger partial charge in [0.2, 0.25) is 0 Å². The van der Waals surface area contributed by atoms with Gasteiger partial charge in [-0.3, -0.25) is 9.59 Å². The molecule has 9 heteroatoms. The number of fused-ring (bicyclic) bond motifs is 4. The highest BCUT2D eigenvalue weighted by Gasteiger charge is 2.66. The summed E-state index contributed by atoms with van der Waals surface area (Å²) in [5.41, 5.74) is 2.08. The summed E-state index contributed by atoms with van der Waals surface area (Å²) in [6, 6.07) is 0. The number of ketones is 1. The molecule has 45 heavy (non-hydrogen) atoms. The van der Waals surface area contributed by atoms with Crippen LogP contribution in [-0.2, 0) is 19.1 Å². The number of allylic oxidation sites excluding steroid dienone is 3. The number of Topliss-reactive ketones (excluding diaryl/α,β-unsaturated/α-hetero) is 1. The highest BCUT2D eigenvalue weighted by molar-refractivity contribution is 5.86. The van der Waals surface area contributed by atoms with Crippen LogP contribution in [0.1, 0.15) is 106 Å². The van der Waals surface area contributed by atoms with Crippen molar-refractivity contribution in [1.29, 1.82) is 0 Å². The van der Waals surface area contributed by atoms with E-state index in [9.17, 15) is 35.1 Å². The van der Waals surface area contributed by atoms with Crippen molar-refractivity contribution >= 4 is 11.8 Å². The number of aliphatic hydroxyl groups excluding tert-OH is 4. The van der Waals surface area contributed by atoms with Gasteiger partial charge in [-0.2, -0.15) is 0 Å². The van der Waals surface area contributed by atoms with Crippen LogP contribution in [0.3, 0.4) is 0 Å². The van der Waals surface area contributed by atoms with Crippen molar-refractivity contribution < 1.29 is 44.6 Å². The summed E-state index contributed by atoms with van der Waals surface area (Å²) in [7, 11) is 0. The quantitative estimate of drug-likeness (QED) is 0.243. The summed E-state index contributed by atoms with van der Waals surface area (Å²) >= 11 is 0. The number of aliphatic carboxylic acids is 1. The van der Waals surface area contributed by atoms with Gasteiger partial charge in [-0.15, -0.1) is 0 Å². The first-order chi connectivity index (χ1) is 20.9. The first kappa shape index (κ1) is 34.7. The van der Waals surface area contributed by atoms with Crippen LogP contribution in [0.25, 0.3) is 0 Å². The van der Waals surface area contributed by atoms with Gasteiger partial charge in [0.1, 0.15) is 30.2 Å². The second-order valence-electron chi connectivity index (χ2n) is 16.3. The van der Waals surface area contributed by atoms with Crippen molar-refractivity contribution in [2.24, 2.45) is 39.4 Å². The maximum Gasteiger partial charge on any atom is 0.306 e. The van der Waals surface area contributed by atoms with E-state index in [2.05, 4.69) is 26.8 Å². The van der Waals surface area contributed by atoms with E-state index in [4.69, 9.17) is 9.47 Å². The molecule has 0 spiro atoms. The van der Waals surface area contributed by atoms with Crippen molar-refractivity contribution in [2.45, 2.75) is 143 Å². The lowest BCUT2D eigenvalue weighted by atomic mass is 9.43. The summed E-state index contributed by atoms with van der Waals surface area (Å²) in [5, 5.41) is 52.3. The predicted molar refractivity (Wildman–Crippen MR) is 168 cm³/mol. The lowest BCUT2D eigenvalue weighted by molar-refractivity contribution is -0.312. The molecule has 1 aliphatic heterocycles.